The predicted octanol–water partition coefficient (Wildman–Crippen LogP) is 6.32. The number of benzene rings is 2. The van der Waals surface area contributed by atoms with Crippen molar-refractivity contribution in [3.05, 3.63) is 59.4 Å². The zero-order chi connectivity index (χ0) is 24.7. The second kappa shape index (κ2) is 11.3. The monoisotopic (exact) mass is 471 g/mol. The molecule has 8 heteroatoms. The van der Waals surface area contributed by atoms with Crippen LogP contribution in [0.25, 0.3) is 23.1 Å². The van der Waals surface area contributed by atoms with E-state index in [1.54, 1.807) is 18.2 Å². The molecular formula is C26H32F3N5. The summed E-state index contributed by atoms with van der Waals surface area (Å²) in [6.07, 6.45) is 0.474. The van der Waals surface area contributed by atoms with Crippen molar-refractivity contribution in [1.82, 2.24) is 14.9 Å². The van der Waals surface area contributed by atoms with Crippen molar-refractivity contribution in [2.45, 2.75) is 45.8 Å². The van der Waals surface area contributed by atoms with E-state index in [0.717, 1.165) is 43.9 Å². The Morgan fingerprint density at radius 1 is 1.06 bits per heavy atom. The number of anilines is 2. The largest absolute Gasteiger partial charge is 0.416 e. The minimum atomic E-state index is -4.43. The fraction of sp³-hybridized carbons (Fsp3) is 0.385. The minimum absolute atomic E-state index is 0.0651. The van der Waals surface area contributed by atoms with E-state index in [2.05, 4.69) is 41.0 Å². The minimum Gasteiger partial charge on any atom is -0.399 e. The van der Waals surface area contributed by atoms with E-state index < -0.39 is 11.7 Å². The quantitative estimate of drug-likeness (QED) is 0.339. The van der Waals surface area contributed by atoms with Gasteiger partial charge in [0.25, 0.3) is 0 Å². The van der Waals surface area contributed by atoms with Crippen LogP contribution in [0, 0.1) is 0 Å². The number of halogens is 3. The van der Waals surface area contributed by atoms with E-state index in [0.29, 0.717) is 22.8 Å². The lowest BCUT2D eigenvalue weighted by Crippen LogP contribution is -2.25. The second-order valence-electron chi connectivity index (χ2n) is 8.34. The summed E-state index contributed by atoms with van der Waals surface area (Å²) >= 11 is 0. The van der Waals surface area contributed by atoms with Gasteiger partial charge >= 0.3 is 6.18 Å². The van der Waals surface area contributed by atoms with Gasteiger partial charge in [0.05, 0.1) is 11.1 Å². The van der Waals surface area contributed by atoms with Gasteiger partial charge in [-0.3, -0.25) is 0 Å². The molecule has 5 nitrogen and oxygen atoms in total. The van der Waals surface area contributed by atoms with Crippen molar-refractivity contribution < 1.29 is 13.2 Å². The third-order valence-electron chi connectivity index (χ3n) is 5.80. The highest BCUT2D eigenvalue weighted by Gasteiger charge is 2.32. The van der Waals surface area contributed by atoms with Crippen LogP contribution in [-0.2, 0) is 6.18 Å². The Bertz CT molecular complexity index is 1120. The lowest BCUT2D eigenvalue weighted by Gasteiger charge is -2.20. The third kappa shape index (κ3) is 6.70. The highest BCUT2D eigenvalue weighted by atomic mass is 19.4. The molecule has 0 radical (unpaired) electrons. The Hall–Kier alpha value is -3.13. The molecule has 0 bridgehead atoms. The first-order valence-electron chi connectivity index (χ1n) is 11.6. The van der Waals surface area contributed by atoms with Crippen molar-refractivity contribution in [3.63, 3.8) is 0 Å². The van der Waals surface area contributed by atoms with Crippen LogP contribution in [0.4, 0.5) is 24.7 Å². The summed E-state index contributed by atoms with van der Waals surface area (Å²) in [4.78, 5) is 11.5. The van der Waals surface area contributed by atoms with Crippen molar-refractivity contribution in [2.75, 3.05) is 30.7 Å². The van der Waals surface area contributed by atoms with Gasteiger partial charge in [0.15, 0.2) is 5.82 Å². The molecule has 3 rings (SSSR count). The molecule has 0 aliphatic carbocycles. The van der Waals surface area contributed by atoms with E-state index >= 15 is 0 Å². The number of nitrogens with one attached hydrogen (secondary N) is 1. The van der Waals surface area contributed by atoms with E-state index in [1.165, 1.54) is 24.3 Å². The van der Waals surface area contributed by atoms with Crippen LogP contribution in [-0.4, -0.2) is 40.5 Å². The second-order valence-corrected chi connectivity index (χ2v) is 8.34. The lowest BCUT2D eigenvalue weighted by atomic mass is 10.1. The molecule has 3 aromatic rings. The summed E-state index contributed by atoms with van der Waals surface area (Å²) in [5.74, 6) is 0.948. The number of nitrogens with two attached hydrogens (primary N) is 1. The number of nitrogens with zero attached hydrogens (tertiary/aromatic N) is 3. The normalized spacial score (nSPS) is 13.1. The van der Waals surface area contributed by atoms with Gasteiger partial charge in [0.2, 0.25) is 0 Å². The smallest absolute Gasteiger partial charge is 0.399 e. The summed E-state index contributed by atoms with van der Waals surface area (Å²) in [6, 6.07) is 11.0. The molecule has 3 N–H and O–H groups in total. The third-order valence-corrected chi connectivity index (χ3v) is 5.80. The summed E-state index contributed by atoms with van der Waals surface area (Å²) in [7, 11) is 0. The maximum absolute atomic E-state index is 13.3. The van der Waals surface area contributed by atoms with Gasteiger partial charge in [0, 0.05) is 17.1 Å². The highest BCUT2D eigenvalue weighted by Crippen LogP contribution is 2.33. The van der Waals surface area contributed by atoms with E-state index in [1.807, 2.05) is 6.07 Å². The Balaban J connectivity index is 1.86. The first-order chi connectivity index (χ1) is 16.2. The fourth-order valence-corrected chi connectivity index (χ4v) is 3.88. The molecule has 1 aromatic heterocycles. The summed E-state index contributed by atoms with van der Waals surface area (Å²) in [6.45, 7) is 9.50. The van der Waals surface area contributed by atoms with Crippen LogP contribution in [0.5, 0.6) is 0 Å². The predicted molar refractivity (Wildman–Crippen MR) is 134 cm³/mol. The zero-order valence-electron chi connectivity index (χ0n) is 19.9. The number of alkyl halides is 3. The maximum atomic E-state index is 13.3. The van der Waals surface area contributed by atoms with Gasteiger partial charge < -0.3 is 16.0 Å². The number of hydrogen-bond donors (Lipinski definition) is 2. The van der Waals surface area contributed by atoms with Gasteiger partial charge in [-0.15, -0.1) is 0 Å². The Morgan fingerprint density at radius 3 is 2.50 bits per heavy atom. The molecule has 0 spiro atoms. The van der Waals surface area contributed by atoms with E-state index in [-0.39, 0.29) is 11.6 Å². The molecular weight excluding hydrogens is 439 g/mol. The van der Waals surface area contributed by atoms with Crippen LogP contribution in [0.3, 0.4) is 0 Å². The van der Waals surface area contributed by atoms with Gasteiger partial charge in [-0.05, 0) is 75.3 Å². The molecule has 2 aromatic carbocycles. The molecule has 0 aliphatic rings. The molecule has 0 amide bonds. The first-order valence-corrected chi connectivity index (χ1v) is 11.6. The molecule has 34 heavy (non-hydrogen) atoms. The molecule has 182 valence electrons. The van der Waals surface area contributed by atoms with Crippen LogP contribution < -0.4 is 11.1 Å². The van der Waals surface area contributed by atoms with E-state index in [4.69, 9.17) is 5.73 Å². The average Bonchev–Trinajstić information content (AvgIpc) is 2.80. The zero-order valence-corrected chi connectivity index (χ0v) is 19.9. The van der Waals surface area contributed by atoms with Crippen molar-refractivity contribution in [1.29, 1.82) is 0 Å². The number of rotatable bonds is 10. The van der Waals surface area contributed by atoms with Crippen LogP contribution in [0.15, 0.2) is 42.5 Å². The molecule has 0 saturated carbocycles. The number of fused-ring (bicyclic) bond motifs is 1. The lowest BCUT2D eigenvalue weighted by molar-refractivity contribution is -0.137. The molecule has 0 aliphatic heterocycles. The number of aromatic nitrogens is 2. The maximum Gasteiger partial charge on any atom is 0.416 e. The van der Waals surface area contributed by atoms with Gasteiger partial charge in [-0.2, -0.15) is 13.2 Å². The van der Waals surface area contributed by atoms with Crippen molar-refractivity contribution in [2.24, 2.45) is 0 Å². The summed E-state index contributed by atoms with van der Waals surface area (Å²) in [5, 5.41) is 4.24. The SMILES string of the molecule is CCN(CC)CCCC(C)Nc1nc(/C=C/c2ccccc2C(F)(F)F)nc2ccc(N)cc12. The molecule has 1 atom stereocenters. The molecule has 1 unspecified atom stereocenters. The first kappa shape index (κ1) is 25.5. The summed E-state index contributed by atoms with van der Waals surface area (Å²) in [5.41, 5.74) is 6.62. The number of nitrogen functional groups attached to an aromatic ring is 1. The summed E-state index contributed by atoms with van der Waals surface area (Å²) < 4.78 is 40.0. The molecule has 1 heterocycles. The Morgan fingerprint density at radius 2 is 1.79 bits per heavy atom. The van der Waals surface area contributed by atoms with Gasteiger partial charge in [-0.25, -0.2) is 9.97 Å². The Labute approximate surface area is 198 Å². The number of hydrogen-bond acceptors (Lipinski definition) is 5. The molecule has 0 saturated heterocycles. The standard InChI is InChI=1S/C26H32F3N5/c1-4-34(5-2)16-8-9-18(3)31-25-21-17-20(30)13-14-23(21)32-24(33-25)15-12-19-10-6-7-11-22(19)26(27,28)29/h6-7,10-15,17-18H,4-5,8-9,16,30H2,1-3H3,(H,31,32,33)/b15-12+. The molecule has 0 fully saturated rings. The van der Waals surface area contributed by atoms with Crippen LogP contribution >= 0.6 is 0 Å². The van der Waals surface area contributed by atoms with Crippen LogP contribution in [0.2, 0.25) is 0 Å². The van der Waals surface area contributed by atoms with Gasteiger partial charge in [-0.1, -0.05) is 38.1 Å². The highest BCUT2D eigenvalue weighted by molar-refractivity contribution is 5.92. The van der Waals surface area contributed by atoms with Crippen molar-refractivity contribution in [3.8, 4) is 0 Å². The topological polar surface area (TPSA) is 67.1 Å². The van der Waals surface area contributed by atoms with Crippen molar-refractivity contribution >= 4 is 34.6 Å². The van der Waals surface area contributed by atoms with E-state index in [9.17, 15) is 13.2 Å². The average molecular weight is 472 g/mol. The van der Waals surface area contributed by atoms with Crippen LogP contribution in [0.1, 0.15) is 50.6 Å². The fourth-order valence-electron chi connectivity index (χ4n) is 3.88. The Kier molecular flexibility index (Phi) is 8.50. The van der Waals surface area contributed by atoms with Gasteiger partial charge in [0.1, 0.15) is 5.82 Å².